The SMILES string of the molecule is Cn1c(O)c(N=NC(=S)NCc2ccc(F)cc2)c2ccccc21. The van der Waals surface area contributed by atoms with Gasteiger partial charge in [0.1, 0.15) is 5.82 Å². The number of aromatic hydroxyl groups is 1. The lowest BCUT2D eigenvalue weighted by Crippen LogP contribution is -2.18. The first-order chi connectivity index (χ1) is 11.6. The molecule has 0 fully saturated rings. The fourth-order valence-electron chi connectivity index (χ4n) is 2.37. The molecule has 0 aliphatic heterocycles. The van der Waals surface area contributed by atoms with Gasteiger partial charge in [-0.1, -0.05) is 30.3 Å². The number of azo groups is 1. The number of fused-ring (bicyclic) bond motifs is 1. The number of aromatic nitrogens is 1. The number of nitrogens with zero attached hydrogens (tertiary/aromatic N) is 3. The molecule has 0 aliphatic rings. The Balaban J connectivity index is 1.72. The van der Waals surface area contributed by atoms with Gasteiger partial charge in [0.2, 0.25) is 11.0 Å². The maximum atomic E-state index is 12.9. The lowest BCUT2D eigenvalue weighted by atomic mass is 10.2. The summed E-state index contributed by atoms with van der Waals surface area (Å²) in [6.45, 7) is 0.416. The molecule has 7 heteroatoms. The van der Waals surface area contributed by atoms with Crippen molar-refractivity contribution in [1.29, 1.82) is 0 Å². The van der Waals surface area contributed by atoms with Crippen molar-refractivity contribution in [3.05, 3.63) is 59.9 Å². The van der Waals surface area contributed by atoms with Crippen LogP contribution < -0.4 is 5.32 Å². The van der Waals surface area contributed by atoms with E-state index in [2.05, 4.69) is 15.5 Å². The smallest absolute Gasteiger partial charge is 0.220 e. The van der Waals surface area contributed by atoms with Crippen molar-refractivity contribution >= 4 is 33.9 Å². The first kappa shape index (κ1) is 16.1. The molecule has 2 aromatic carbocycles. The van der Waals surface area contributed by atoms with Crippen LogP contribution in [0.5, 0.6) is 5.88 Å². The van der Waals surface area contributed by atoms with Crippen molar-refractivity contribution in [2.75, 3.05) is 0 Å². The van der Waals surface area contributed by atoms with Crippen LogP contribution in [0.3, 0.4) is 0 Å². The summed E-state index contributed by atoms with van der Waals surface area (Å²) >= 11 is 5.12. The first-order valence-electron chi connectivity index (χ1n) is 7.26. The van der Waals surface area contributed by atoms with Crippen LogP contribution in [0.25, 0.3) is 10.9 Å². The van der Waals surface area contributed by atoms with Gasteiger partial charge in [0, 0.05) is 19.0 Å². The number of rotatable bonds is 3. The van der Waals surface area contributed by atoms with Gasteiger partial charge in [-0.05, 0) is 36.0 Å². The summed E-state index contributed by atoms with van der Waals surface area (Å²) < 4.78 is 14.5. The molecule has 24 heavy (non-hydrogen) atoms. The highest BCUT2D eigenvalue weighted by molar-refractivity contribution is 7.80. The van der Waals surface area contributed by atoms with Gasteiger partial charge in [0.05, 0.1) is 5.52 Å². The van der Waals surface area contributed by atoms with Crippen LogP contribution in [0.15, 0.2) is 58.8 Å². The Bertz CT molecular complexity index is 918. The third-order valence-electron chi connectivity index (χ3n) is 3.65. The molecule has 0 bridgehead atoms. The van der Waals surface area contributed by atoms with Crippen LogP contribution in [0.2, 0.25) is 0 Å². The second kappa shape index (κ2) is 6.76. The molecule has 0 atom stereocenters. The summed E-state index contributed by atoms with van der Waals surface area (Å²) in [5.41, 5.74) is 2.11. The molecule has 0 aliphatic carbocycles. The standard InChI is InChI=1S/C17H15FN4OS/c1-22-14-5-3-2-4-13(14)15(16(22)23)20-21-17(24)19-10-11-6-8-12(18)9-7-11/h2-9,23H,10H2,1H3,(H,19,24). The second-order valence-electron chi connectivity index (χ2n) is 5.23. The fourth-order valence-corrected chi connectivity index (χ4v) is 2.48. The lowest BCUT2D eigenvalue weighted by Gasteiger charge is -2.03. The third-order valence-corrected chi connectivity index (χ3v) is 3.87. The summed E-state index contributed by atoms with van der Waals surface area (Å²) in [5.74, 6) is -0.256. The van der Waals surface area contributed by atoms with Crippen molar-refractivity contribution in [3.8, 4) is 5.88 Å². The average Bonchev–Trinajstić information content (AvgIpc) is 2.84. The van der Waals surface area contributed by atoms with E-state index in [1.54, 1.807) is 23.7 Å². The number of hydrogen-bond acceptors (Lipinski definition) is 3. The van der Waals surface area contributed by atoms with Crippen LogP contribution in [0, 0.1) is 5.82 Å². The van der Waals surface area contributed by atoms with Crippen LogP contribution in [0.4, 0.5) is 10.1 Å². The van der Waals surface area contributed by atoms with Gasteiger partial charge in [0.15, 0.2) is 5.69 Å². The summed E-state index contributed by atoms with van der Waals surface area (Å²) in [6.07, 6.45) is 0. The number of hydrogen-bond donors (Lipinski definition) is 2. The molecular formula is C17H15FN4OS. The minimum atomic E-state index is -0.285. The zero-order valence-electron chi connectivity index (χ0n) is 12.9. The third kappa shape index (κ3) is 3.26. The van der Waals surface area contributed by atoms with Crippen molar-refractivity contribution in [2.45, 2.75) is 6.54 Å². The topological polar surface area (TPSA) is 61.9 Å². The zero-order chi connectivity index (χ0) is 17.1. The van der Waals surface area contributed by atoms with Crippen molar-refractivity contribution < 1.29 is 9.50 Å². The minimum Gasteiger partial charge on any atom is -0.493 e. The van der Waals surface area contributed by atoms with Gasteiger partial charge in [-0.25, -0.2) is 4.39 Å². The molecule has 1 heterocycles. The van der Waals surface area contributed by atoms with E-state index in [1.807, 2.05) is 24.3 Å². The number of halogens is 1. The molecule has 0 unspecified atom stereocenters. The monoisotopic (exact) mass is 342 g/mol. The molecule has 122 valence electrons. The van der Waals surface area contributed by atoms with Crippen LogP contribution in [0.1, 0.15) is 5.56 Å². The van der Waals surface area contributed by atoms with E-state index < -0.39 is 0 Å². The highest BCUT2D eigenvalue weighted by Crippen LogP contribution is 2.37. The zero-order valence-corrected chi connectivity index (χ0v) is 13.7. The molecule has 0 spiro atoms. The predicted octanol–water partition coefficient (Wildman–Crippen LogP) is 4.18. The molecule has 1 aromatic heterocycles. The number of nitrogens with one attached hydrogen (secondary N) is 1. The Morgan fingerprint density at radius 2 is 1.92 bits per heavy atom. The Hall–Kier alpha value is -2.80. The predicted molar refractivity (Wildman–Crippen MR) is 94.9 cm³/mol. The van der Waals surface area contributed by atoms with Gasteiger partial charge in [-0.15, -0.1) is 10.2 Å². The van der Waals surface area contributed by atoms with Crippen LogP contribution in [-0.4, -0.2) is 14.8 Å². The van der Waals surface area contributed by atoms with Crippen molar-refractivity contribution in [1.82, 2.24) is 9.88 Å². The van der Waals surface area contributed by atoms with E-state index in [-0.39, 0.29) is 16.8 Å². The average molecular weight is 342 g/mol. The van der Waals surface area contributed by atoms with E-state index in [1.165, 1.54) is 12.1 Å². The van der Waals surface area contributed by atoms with E-state index >= 15 is 0 Å². The van der Waals surface area contributed by atoms with Crippen LogP contribution >= 0.6 is 12.2 Å². The molecule has 3 aromatic rings. The molecule has 0 saturated carbocycles. The Kier molecular flexibility index (Phi) is 4.52. The number of benzene rings is 2. The van der Waals surface area contributed by atoms with Crippen molar-refractivity contribution in [2.24, 2.45) is 17.3 Å². The Labute approximate surface area is 143 Å². The number of para-hydroxylation sites is 1. The Morgan fingerprint density at radius 3 is 2.67 bits per heavy atom. The van der Waals surface area contributed by atoms with E-state index in [0.717, 1.165) is 16.5 Å². The quantitative estimate of drug-likeness (QED) is 0.554. The highest BCUT2D eigenvalue weighted by Gasteiger charge is 2.13. The summed E-state index contributed by atoms with van der Waals surface area (Å²) in [6, 6.07) is 13.6. The molecule has 2 N–H and O–H groups in total. The first-order valence-corrected chi connectivity index (χ1v) is 7.67. The maximum absolute atomic E-state index is 12.9. The molecule has 3 rings (SSSR count). The van der Waals surface area contributed by atoms with Gasteiger partial charge >= 0.3 is 0 Å². The lowest BCUT2D eigenvalue weighted by molar-refractivity contribution is 0.436. The summed E-state index contributed by atoms with van der Waals surface area (Å²) in [7, 11) is 1.75. The van der Waals surface area contributed by atoms with Gasteiger partial charge in [0.25, 0.3) is 0 Å². The number of aryl methyl sites for hydroxylation is 1. The minimum absolute atomic E-state index is 0.0290. The van der Waals surface area contributed by atoms with Gasteiger partial charge in [-0.2, -0.15) is 0 Å². The molecular weight excluding hydrogens is 327 g/mol. The van der Waals surface area contributed by atoms with E-state index in [4.69, 9.17) is 12.2 Å². The van der Waals surface area contributed by atoms with E-state index in [0.29, 0.717) is 12.2 Å². The maximum Gasteiger partial charge on any atom is 0.220 e. The summed E-state index contributed by atoms with van der Waals surface area (Å²) in [4.78, 5) is 0. The number of thiocarbonyl (C=S) groups is 1. The van der Waals surface area contributed by atoms with E-state index in [9.17, 15) is 9.50 Å². The second-order valence-corrected chi connectivity index (χ2v) is 5.62. The molecule has 5 nitrogen and oxygen atoms in total. The fraction of sp³-hybridized carbons (Fsp3) is 0.118. The molecule has 0 radical (unpaired) electrons. The molecule has 0 amide bonds. The van der Waals surface area contributed by atoms with Crippen LogP contribution in [-0.2, 0) is 13.6 Å². The molecule has 0 saturated heterocycles. The largest absolute Gasteiger partial charge is 0.493 e. The Morgan fingerprint density at radius 1 is 1.21 bits per heavy atom. The normalized spacial score (nSPS) is 11.2. The van der Waals surface area contributed by atoms with Gasteiger partial charge in [-0.3, -0.25) is 0 Å². The van der Waals surface area contributed by atoms with Gasteiger partial charge < -0.3 is 15.0 Å². The highest BCUT2D eigenvalue weighted by atomic mass is 32.1. The van der Waals surface area contributed by atoms with Crippen molar-refractivity contribution in [3.63, 3.8) is 0 Å². The summed E-state index contributed by atoms with van der Waals surface area (Å²) in [5, 5.41) is 22.1.